The summed E-state index contributed by atoms with van der Waals surface area (Å²) in [5.74, 6) is 0. The van der Waals surface area contributed by atoms with E-state index in [-0.39, 0.29) is 6.04 Å². The second-order valence-corrected chi connectivity index (χ2v) is 4.77. The molecule has 0 aliphatic rings. The minimum absolute atomic E-state index is 0.0246. The molecule has 1 unspecified atom stereocenters. The van der Waals surface area contributed by atoms with Crippen LogP contribution in [-0.4, -0.2) is 19.6 Å². The number of hydrogen-bond donors (Lipinski definition) is 1. The van der Waals surface area contributed by atoms with Crippen molar-refractivity contribution >= 4 is 0 Å². The third-order valence-corrected chi connectivity index (χ3v) is 3.20. The van der Waals surface area contributed by atoms with Gasteiger partial charge in [0.1, 0.15) is 0 Å². The van der Waals surface area contributed by atoms with Gasteiger partial charge in [0, 0.05) is 44.0 Å². The highest BCUT2D eigenvalue weighted by Gasteiger charge is 2.16. The molecule has 0 aliphatic carbocycles. The molecule has 2 aromatic heterocycles. The number of rotatable bonds is 4. The van der Waals surface area contributed by atoms with Gasteiger partial charge in [0.2, 0.25) is 0 Å². The van der Waals surface area contributed by atoms with Gasteiger partial charge in [-0.2, -0.15) is 10.2 Å². The molecule has 0 fully saturated rings. The van der Waals surface area contributed by atoms with Crippen LogP contribution in [0.25, 0.3) is 0 Å². The molecule has 98 valence electrons. The Labute approximate surface area is 108 Å². The third-order valence-electron chi connectivity index (χ3n) is 3.20. The SMILES string of the molecule is CCc1nn(C)cc1C(N)Cc1cc(C)nn1C. The Bertz CT molecular complexity index is 538. The summed E-state index contributed by atoms with van der Waals surface area (Å²) in [4.78, 5) is 0. The summed E-state index contributed by atoms with van der Waals surface area (Å²) in [7, 11) is 3.89. The van der Waals surface area contributed by atoms with Crippen molar-refractivity contribution in [2.75, 3.05) is 0 Å². The van der Waals surface area contributed by atoms with Crippen LogP contribution in [0.5, 0.6) is 0 Å². The Hall–Kier alpha value is -1.62. The lowest BCUT2D eigenvalue weighted by molar-refractivity contribution is 0.636. The molecule has 2 aromatic rings. The van der Waals surface area contributed by atoms with E-state index in [4.69, 9.17) is 5.73 Å². The standard InChI is InChI=1S/C13H21N5/c1-5-13-11(8-17(3)16-13)12(14)7-10-6-9(2)15-18(10)4/h6,8,12H,5,7,14H2,1-4H3. The largest absolute Gasteiger partial charge is 0.324 e. The first kappa shape index (κ1) is 12.8. The van der Waals surface area contributed by atoms with Crippen LogP contribution in [0.15, 0.2) is 12.3 Å². The molecule has 5 nitrogen and oxygen atoms in total. The van der Waals surface area contributed by atoms with Gasteiger partial charge < -0.3 is 5.73 Å². The maximum atomic E-state index is 6.30. The summed E-state index contributed by atoms with van der Waals surface area (Å²) in [6, 6.07) is 2.06. The summed E-state index contributed by atoms with van der Waals surface area (Å²) in [5, 5.41) is 8.78. The minimum atomic E-state index is -0.0246. The van der Waals surface area contributed by atoms with Gasteiger partial charge in [0.25, 0.3) is 0 Å². The summed E-state index contributed by atoms with van der Waals surface area (Å²) in [5.41, 5.74) is 10.7. The lowest BCUT2D eigenvalue weighted by atomic mass is 10.0. The molecule has 0 radical (unpaired) electrons. The molecule has 2 heterocycles. The van der Waals surface area contributed by atoms with Gasteiger partial charge in [-0.1, -0.05) is 6.92 Å². The van der Waals surface area contributed by atoms with Crippen molar-refractivity contribution in [3.63, 3.8) is 0 Å². The molecule has 2 N–H and O–H groups in total. The Balaban J connectivity index is 2.21. The van der Waals surface area contributed by atoms with Crippen molar-refractivity contribution in [3.8, 4) is 0 Å². The van der Waals surface area contributed by atoms with E-state index >= 15 is 0 Å². The Kier molecular flexibility index (Phi) is 3.52. The zero-order valence-electron chi connectivity index (χ0n) is 11.5. The Morgan fingerprint density at radius 3 is 2.61 bits per heavy atom. The van der Waals surface area contributed by atoms with Gasteiger partial charge in [0.15, 0.2) is 0 Å². The van der Waals surface area contributed by atoms with Crippen LogP contribution in [0.4, 0.5) is 0 Å². The molecule has 0 aliphatic heterocycles. The summed E-state index contributed by atoms with van der Waals surface area (Å²) in [6.07, 6.45) is 3.72. The van der Waals surface area contributed by atoms with E-state index < -0.39 is 0 Å². The second-order valence-electron chi connectivity index (χ2n) is 4.77. The molecular weight excluding hydrogens is 226 g/mol. The van der Waals surface area contributed by atoms with E-state index in [1.807, 2.05) is 36.6 Å². The average molecular weight is 247 g/mol. The first-order valence-electron chi connectivity index (χ1n) is 6.28. The Morgan fingerprint density at radius 2 is 2.06 bits per heavy atom. The molecule has 0 amide bonds. The van der Waals surface area contributed by atoms with E-state index in [0.717, 1.165) is 35.5 Å². The molecule has 0 saturated heterocycles. The lowest BCUT2D eigenvalue weighted by Crippen LogP contribution is -2.16. The summed E-state index contributed by atoms with van der Waals surface area (Å²) >= 11 is 0. The Morgan fingerprint density at radius 1 is 1.33 bits per heavy atom. The predicted octanol–water partition coefficient (Wildman–Crippen LogP) is 1.27. The molecular formula is C13H21N5. The molecule has 2 rings (SSSR count). The van der Waals surface area contributed by atoms with Crippen LogP contribution in [0, 0.1) is 6.92 Å². The zero-order chi connectivity index (χ0) is 13.3. The lowest BCUT2D eigenvalue weighted by Gasteiger charge is -2.11. The maximum absolute atomic E-state index is 6.30. The molecule has 0 aromatic carbocycles. The van der Waals surface area contributed by atoms with Crippen molar-refractivity contribution in [2.24, 2.45) is 19.8 Å². The quantitative estimate of drug-likeness (QED) is 0.885. The molecule has 18 heavy (non-hydrogen) atoms. The number of hydrogen-bond acceptors (Lipinski definition) is 3. The maximum Gasteiger partial charge on any atom is 0.0669 e. The normalized spacial score (nSPS) is 12.9. The van der Waals surface area contributed by atoms with E-state index in [2.05, 4.69) is 23.2 Å². The van der Waals surface area contributed by atoms with Gasteiger partial charge >= 0.3 is 0 Å². The number of nitrogens with two attached hydrogens (primary N) is 1. The molecule has 5 heteroatoms. The van der Waals surface area contributed by atoms with Crippen molar-refractivity contribution in [1.29, 1.82) is 0 Å². The molecule has 0 spiro atoms. The fourth-order valence-electron chi connectivity index (χ4n) is 2.33. The smallest absolute Gasteiger partial charge is 0.0669 e. The van der Waals surface area contributed by atoms with E-state index in [1.165, 1.54) is 0 Å². The first-order valence-corrected chi connectivity index (χ1v) is 6.28. The highest BCUT2D eigenvalue weighted by molar-refractivity contribution is 5.23. The van der Waals surface area contributed by atoms with E-state index in [1.54, 1.807) is 0 Å². The van der Waals surface area contributed by atoms with Crippen LogP contribution in [0.3, 0.4) is 0 Å². The average Bonchev–Trinajstić information content (AvgIpc) is 2.82. The van der Waals surface area contributed by atoms with Crippen LogP contribution < -0.4 is 5.73 Å². The molecule has 0 bridgehead atoms. The van der Waals surface area contributed by atoms with Crippen LogP contribution in [0.2, 0.25) is 0 Å². The van der Waals surface area contributed by atoms with Crippen molar-refractivity contribution < 1.29 is 0 Å². The summed E-state index contributed by atoms with van der Waals surface area (Å²) < 4.78 is 3.74. The van der Waals surface area contributed by atoms with Crippen molar-refractivity contribution in [2.45, 2.75) is 32.7 Å². The summed E-state index contributed by atoms with van der Waals surface area (Å²) in [6.45, 7) is 4.10. The van der Waals surface area contributed by atoms with E-state index in [0.29, 0.717) is 0 Å². The fraction of sp³-hybridized carbons (Fsp3) is 0.538. The van der Waals surface area contributed by atoms with Crippen LogP contribution in [-0.2, 0) is 26.9 Å². The minimum Gasteiger partial charge on any atom is -0.324 e. The zero-order valence-corrected chi connectivity index (χ0v) is 11.5. The monoisotopic (exact) mass is 247 g/mol. The first-order chi connectivity index (χ1) is 8.51. The van der Waals surface area contributed by atoms with Gasteiger partial charge in [-0.05, 0) is 19.4 Å². The second kappa shape index (κ2) is 4.94. The van der Waals surface area contributed by atoms with E-state index in [9.17, 15) is 0 Å². The van der Waals surface area contributed by atoms with Crippen molar-refractivity contribution in [1.82, 2.24) is 19.6 Å². The van der Waals surface area contributed by atoms with Crippen LogP contribution in [0.1, 0.15) is 35.6 Å². The number of aromatic nitrogens is 4. The van der Waals surface area contributed by atoms with Gasteiger partial charge in [-0.15, -0.1) is 0 Å². The molecule has 0 saturated carbocycles. The van der Waals surface area contributed by atoms with Gasteiger partial charge in [-0.25, -0.2) is 0 Å². The topological polar surface area (TPSA) is 61.7 Å². The number of aryl methyl sites for hydroxylation is 4. The molecule has 1 atom stereocenters. The number of nitrogens with zero attached hydrogens (tertiary/aromatic N) is 4. The fourth-order valence-corrected chi connectivity index (χ4v) is 2.33. The highest BCUT2D eigenvalue weighted by atomic mass is 15.3. The van der Waals surface area contributed by atoms with Crippen LogP contribution >= 0.6 is 0 Å². The van der Waals surface area contributed by atoms with Crippen molar-refractivity contribution in [3.05, 3.63) is 34.9 Å². The highest BCUT2D eigenvalue weighted by Crippen LogP contribution is 2.19. The van der Waals surface area contributed by atoms with Gasteiger partial charge in [0.05, 0.1) is 11.4 Å². The van der Waals surface area contributed by atoms with Gasteiger partial charge in [-0.3, -0.25) is 9.36 Å². The predicted molar refractivity (Wildman–Crippen MR) is 71.2 cm³/mol. The third kappa shape index (κ3) is 2.46.